The molecule has 1 aliphatic heterocycles. The number of hydrogen-bond donors (Lipinski definition) is 2. The third-order valence-electron chi connectivity index (χ3n) is 5.29. The molecule has 0 radical (unpaired) electrons. The van der Waals surface area contributed by atoms with Gasteiger partial charge in [0, 0.05) is 13.0 Å². The van der Waals surface area contributed by atoms with Crippen molar-refractivity contribution in [3.63, 3.8) is 0 Å². The van der Waals surface area contributed by atoms with Crippen LogP contribution in [-0.4, -0.2) is 21.9 Å². The number of benzene rings is 2. The van der Waals surface area contributed by atoms with E-state index < -0.39 is 24.2 Å². The summed E-state index contributed by atoms with van der Waals surface area (Å²) in [5, 5.41) is 9.52. The predicted octanol–water partition coefficient (Wildman–Crippen LogP) is 5.44. The number of nitrogens with zero attached hydrogens (tertiary/aromatic N) is 2. The number of fused-ring (bicyclic) bond motifs is 1. The molecule has 2 heterocycles. The quantitative estimate of drug-likeness (QED) is 0.559. The van der Waals surface area contributed by atoms with Gasteiger partial charge in [0.2, 0.25) is 0 Å². The molecule has 0 saturated carbocycles. The fourth-order valence-electron chi connectivity index (χ4n) is 3.61. The number of halogens is 4. The smallest absolute Gasteiger partial charge is 0.362 e. The molecule has 31 heavy (non-hydrogen) atoms. The summed E-state index contributed by atoms with van der Waals surface area (Å²) in [5.74, 6) is -0.643. The molecular weight excluding hydrogens is 429 g/mol. The largest absolute Gasteiger partial charge is 0.410 e. The average Bonchev–Trinajstić information content (AvgIpc) is 3.08. The van der Waals surface area contributed by atoms with E-state index >= 15 is 0 Å². The topological polar surface area (TPSA) is 59.0 Å². The van der Waals surface area contributed by atoms with Crippen molar-refractivity contribution in [1.82, 2.24) is 15.1 Å². The third-order valence-corrected chi connectivity index (χ3v) is 5.64. The van der Waals surface area contributed by atoms with E-state index in [1.807, 2.05) is 49.4 Å². The van der Waals surface area contributed by atoms with Gasteiger partial charge in [0.05, 0.1) is 6.04 Å². The highest BCUT2D eigenvalue weighted by molar-refractivity contribution is 6.36. The van der Waals surface area contributed by atoms with Gasteiger partial charge in [-0.2, -0.15) is 18.3 Å². The van der Waals surface area contributed by atoms with E-state index in [1.54, 1.807) is 12.1 Å². The molecular formula is C22H20ClF3N4O. The summed E-state index contributed by atoms with van der Waals surface area (Å²) < 4.78 is 42.3. The first-order valence-electron chi connectivity index (χ1n) is 9.74. The molecule has 162 valence electrons. The number of carbonyl (C=O) groups is 1. The molecule has 1 amide bonds. The molecule has 0 unspecified atom stereocenters. The van der Waals surface area contributed by atoms with Crippen molar-refractivity contribution in [1.29, 1.82) is 0 Å². The SMILES string of the molecule is Cc1ccc([C@@H]2C[C@H](C(F)(F)F)n3nc(C(=O)NCc4ccccc4)c(Cl)c3N2)cc1. The lowest BCUT2D eigenvalue weighted by Crippen LogP contribution is -2.35. The summed E-state index contributed by atoms with van der Waals surface area (Å²) in [6.45, 7) is 2.11. The van der Waals surface area contributed by atoms with E-state index in [0.29, 0.717) is 5.56 Å². The van der Waals surface area contributed by atoms with Crippen molar-refractivity contribution in [2.75, 3.05) is 5.32 Å². The van der Waals surface area contributed by atoms with Gasteiger partial charge in [-0.25, -0.2) is 4.68 Å². The Labute approximate surface area is 182 Å². The van der Waals surface area contributed by atoms with Gasteiger partial charge in [-0.15, -0.1) is 0 Å². The van der Waals surface area contributed by atoms with E-state index in [0.717, 1.165) is 15.8 Å². The Morgan fingerprint density at radius 2 is 1.87 bits per heavy atom. The van der Waals surface area contributed by atoms with Crippen LogP contribution in [-0.2, 0) is 6.54 Å². The second-order valence-corrected chi connectivity index (χ2v) is 7.90. The Balaban J connectivity index is 1.64. The van der Waals surface area contributed by atoms with Gasteiger partial charge >= 0.3 is 6.18 Å². The van der Waals surface area contributed by atoms with Crippen molar-refractivity contribution in [3.8, 4) is 0 Å². The second-order valence-electron chi connectivity index (χ2n) is 7.52. The summed E-state index contributed by atoms with van der Waals surface area (Å²) in [4.78, 5) is 12.6. The van der Waals surface area contributed by atoms with Crippen LogP contribution >= 0.6 is 11.6 Å². The zero-order chi connectivity index (χ0) is 22.2. The van der Waals surface area contributed by atoms with Crippen LogP contribution in [0.5, 0.6) is 0 Å². The van der Waals surface area contributed by atoms with Gasteiger partial charge in [0.1, 0.15) is 10.8 Å². The number of aromatic nitrogens is 2. The van der Waals surface area contributed by atoms with E-state index in [2.05, 4.69) is 15.7 Å². The van der Waals surface area contributed by atoms with Crippen molar-refractivity contribution in [2.45, 2.75) is 38.1 Å². The monoisotopic (exact) mass is 448 g/mol. The van der Waals surface area contributed by atoms with Crippen molar-refractivity contribution in [3.05, 3.63) is 82.0 Å². The van der Waals surface area contributed by atoms with Gasteiger partial charge in [0.15, 0.2) is 11.7 Å². The van der Waals surface area contributed by atoms with Crippen molar-refractivity contribution < 1.29 is 18.0 Å². The lowest BCUT2D eigenvalue weighted by Gasteiger charge is -2.33. The fourth-order valence-corrected chi connectivity index (χ4v) is 3.88. The van der Waals surface area contributed by atoms with Crippen LogP contribution in [0.2, 0.25) is 5.02 Å². The second kappa shape index (κ2) is 8.26. The molecule has 0 bridgehead atoms. The number of rotatable bonds is 4. The molecule has 0 spiro atoms. The van der Waals surface area contributed by atoms with Crippen LogP contribution in [0.15, 0.2) is 54.6 Å². The van der Waals surface area contributed by atoms with Crippen LogP contribution in [0.1, 0.15) is 45.7 Å². The number of carbonyl (C=O) groups excluding carboxylic acids is 1. The highest BCUT2D eigenvalue weighted by Crippen LogP contribution is 2.46. The summed E-state index contributed by atoms with van der Waals surface area (Å²) in [5.41, 5.74) is 2.33. The molecule has 1 aromatic heterocycles. The van der Waals surface area contributed by atoms with Crippen LogP contribution in [0.3, 0.4) is 0 Å². The first-order chi connectivity index (χ1) is 14.7. The molecule has 0 saturated heterocycles. The molecule has 2 N–H and O–H groups in total. The molecule has 9 heteroatoms. The molecule has 1 aliphatic rings. The zero-order valence-corrected chi connectivity index (χ0v) is 17.3. The first-order valence-corrected chi connectivity index (χ1v) is 10.1. The van der Waals surface area contributed by atoms with E-state index in [4.69, 9.17) is 11.6 Å². The van der Waals surface area contributed by atoms with Crippen LogP contribution < -0.4 is 10.6 Å². The molecule has 2 aromatic carbocycles. The van der Waals surface area contributed by atoms with Crippen molar-refractivity contribution >= 4 is 23.3 Å². The summed E-state index contributed by atoms with van der Waals surface area (Å²) >= 11 is 6.34. The number of aryl methyl sites for hydroxylation is 1. The summed E-state index contributed by atoms with van der Waals surface area (Å²) in [6.07, 6.45) is -4.81. The predicted molar refractivity (Wildman–Crippen MR) is 112 cm³/mol. The standard InChI is InChI=1S/C22H20ClF3N4O/c1-13-7-9-15(10-8-13)16-11-17(22(24,25)26)30-20(28-16)18(23)19(29-30)21(31)27-12-14-5-3-2-4-6-14/h2-10,16-17,28H,11-12H2,1H3,(H,27,31)/t16-,17+/m0/s1. The van der Waals surface area contributed by atoms with Crippen molar-refractivity contribution in [2.24, 2.45) is 0 Å². The average molecular weight is 449 g/mol. The molecule has 2 atom stereocenters. The number of anilines is 1. The Kier molecular flexibility index (Phi) is 5.66. The maximum absolute atomic E-state index is 13.9. The lowest BCUT2D eigenvalue weighted by molar-refractivity contribution is -0.173. The Bertz CT molecular complexity index is 1080. The maximum Gasteiger partial charge on any atom is 0.410 e. The maximum atomic E-state index is 13.9. The van der Waals surface area contributed by atoms with Gasteiger partial charge in [-0.05, 0) is 18.1 Å². The van der Waals surface area contributed by atoms with Gasteiger partial charge in [-0.1, -0.05) is 71.8 Å². The number of nitrogens with one attached hydrogen (secondary N) is 2. The number of amides is 1. The minimum absolute atomic E-state index is 0.00863. The highest BCUT2D eigenvalue weighted by Gasteiger charge is 2.47. The van der Waals surface area contributed by atoms with Crippen LogP contribution in [0, 0.1) is 6.92 Å². The summed E-state index contributed by atoms with van der Waals surface area (Å²) in [6, 6.07) is 13.9. The van der Waals surface area contributed by atoms with E-state index in [-0.39, 0.29) is 29.5 Å². The first kappa shape index (κ1) is 21.2. The summed E-state index contributed by atoms with van der Waals surface area (Å²) in [7, 11) is 0. The Hall–Kier alpha value is -3.00. The number of alkyl halides is 3. The molecule has 5 nitrogen and oxygen atoms in total. The fraction of sp³-hybridized carbons (Fsp3) is 0.273. The van der Waals surface area contributed by atoms with E-state index in [1.165, 1.54) is 0 Å². The Morgan fingerprint density at radius 1 is 1.19 bits per heavy atom. The number of hydrogen-bond acceptors (Lipinski definition) is 3. The molecule has 0 fully saturated rings. The molecule has 3 aromatic rings. The van der Waals surface area contributed by atoms with Crippen LogP contribution in [0.25, 0.3) is 0 Å². The third kappa shape index (κ3) is 4.39. The van der Waals surface area contributed by atoms with E-state index in [9.17, 15) is 18.0 Å². The van der Waals surface area contributed by atoms with Crippen LogP contribution in [0.4, 0.5) is 19.0 Å². The minimum Gasteiger partial charge on any atom is -0.362 e. The molecule has 0 aliphatic carbocycles. The Morgan fingerprint density at radius 3 is 2.52 bits per heavy atom. The zero-order valence-electron chi connectivity index (χ0n) is 16.6. The van der Waals surface area contributed by atoms with Gasteiger partial charge in [-0.3, -0.25) is 4.79 Å². The van der Waals surface area contributed by atoms with Gasteiger partial charge < -0.3 is 10.6 Å². The molecule has 4 rings (SSSR count). The highest BCUT2D eigenvalue weighted by atomic mass is 35.5. The lowest BCUT2D eigenvalue weighted by atomic mass is 9.96. The van der Waals surface area contributed by atoms with Gasteiger partial charge in [0.25, 0.3) is 5.91 Å². The minimum atomic E-state index is -4.55. The normalized spacial score (nSPS) is 18.2.